The number of aromatic nitrogens is 1. The van der Waals surface area contributed by atoms with E-state index in [-0.39, 0.29) is 6.04 Å². The van der Waals surface area contributed by atoms with Crippen LogP contribution in [0.1, 0.15) is 18.5 Å². The average Bonchev–Trinajstić information content (AvgIpc) is 2.49. The lowest BCUT2D eigenvalue weighted by molar-refractivity contribution is 0.171. The van der Waals surface area contributed by atoms with Gasteiger partial charge in [0.15, 0.2) is 11.5 Å². The van der Waals surface area contributed by atoms with Crippen LogP contribution in [-0.4, -0.2) is 18.2 Å². The molecule has 1 unspecified atom stereocenters. The molecule has 3 rings (SSSR count). The Bertz CT molecular complexity index is 619. The Morgan fingerprint density at radius 1 is 1.20 bits per heavy atom. The molecule has 0 radical (unpaired) electrons. The molecule has 5 heteroatoms. The zero-order valence-electron chi connectivity index (χ0n) is 11.1. The molecule has 4 nitrogen and oxygen atoms in total. The molecule has 0 fully saturated rings. The van der Waals surface area contributed by atoms with Gasteiger partial charge in [0.05, 0.1) is 5.69 Å². The van der Waals surface area contributed by atoms with Crippen LogP contribution in [0.5, 0.6) is 11.5 Å². The highest BCUT2D eigenvalue weighted by Gasteiger charge is 2.15. The highest BCUT2D eigenvalue weighted by Crippen LogP contribution is 2.33. The van der Waals surface area contributed by atoms with Gasteiger partial charge in [0.2, 0.25) is 0 Å². The molecule has 1 aliphatic heterocycles. The Hall–Kier alpha value is -1.75. The highest BCUT2D eigenvalue weighted by atomic mass is 79.9. The van der Waals surface area contributed by atoms with Gasteiger partial charge >= 0.3 is 0 Å². The van der Waals surface area contributed by atoms with E-state index in [1.165, 1.54) is 0 Å². The fraction of sp³-hybridized carbons (Fsp3) is 0.267. The van der Waals surface area contributed by atoms with E-state index in [1.54, 1.807) is 6.20 Å². The monoisotopic (exact) mass is 334 g/mol. The Morgan fingerprint density at radius 3 is 2.80 bits per heavy atom. The zero-order chi connectivity index (χ0) is 13.9. The van der Waals surface area contributed by atoms with Crippen LogP contribution in [0.25, 0.3) is 0 Å². The van der Waals surface area contributed by atoms with Gasteiger partial charge in [-0.2, -0.15) is 0 Å². The highest BCUT2D eigenvalue weighted by molar-refractivity contribution is 9.10. The third kappa shape index (κ3) is 2.72. The molecule has 0 spiro atoms. The van der Waals surface area contributed by atoms with Crippen LogP contribution in [0.4, 0.5) is 5.69 Å². The second-order valence-corrected chi connectivity index (χ2v) is 5.36. The van der Waals surface area contributed by atoms with Crippen LogP contribution >= 0.6 is 15.9 Å². The van der Waals surface area contributed by atoms with Crippen LogP contribution in [0.2, 0.25) is 0 Å². The number of hydrogen-bond donors (Lipinski definition) is 1. The van der Waals surface area contributed by atoms with Gasteiger partial charge in [0.25, 0.3) is 0 Å². The summed E-state index contributed by atoms with van der Waals surface area (Å²) >= 11 is 3.44. The third-order valence-electron chi connectivity index (χ3n) is 3.20. The minimum absolute atomic E-state index is 0.145. The van der Waals surface area contributed by atoms with Gasteiger partial charge < -0.3 is 14.8 Å². The number of ether oxygens (including phenoxy) is 2. The SMILES string of the molecule is CC(Nc1cccnc1Br)c1ccc2c(c1)OCCO2. The Balaban J connectivity index is 1.80. The third-order valence-corrected chi connectivity index (χ3v) is 3.83. The smallest absolute Gasteiger partial charge is 0.161 e. The van der Waals surface area contributed by atoms with Gasteiger partial charge in [-0.15, -0.1) is 0 Å². The predicted octanol–water partition coefficient (Wildman–Crippen LogP) is 3.79. The number of nitrogens with one attached hydrogen (secondary N) is 1. The molecule has 2 aromatic rings. The summed E-state index contributed by atoms with van der Waals surface area (Å²) in [6, 6.07) is 10.1. The van der Waals surface area contributed by atoms with Crippen molar-refractivity contribution in [1.82, 2.24) is 4.98 Å². The number of rotatable bonds is 3. The van der Waals surface area contributed by atoms with E-state index in [0.29, 0.717) is 13.2 Å². The Labute approximate surface area is 126 Å². The lowest BCUT2D eigenvalue weighted by atomic mass is 10.1. The molecule has 1 aromatic carbocycles. The molecule has 1 N–H and O–H groups in total. The lowest BCUT2D eigenvalue weighted by Gasteiger charge is -2.21. The topological polar surface area (TPSA) is 43.4 Å². The summed E-state index contributed by atoms with van der Waals surface area (Å²) in [6.45, 7) is 3.32. The molecule has 0 bridgehead atoms. The number of pyridine rings is 1. The largest absolute Gasteiger partial charge is 0.486 e. The molecule has 20 heavy (non-hydrogen) atoms. The maximum absolute atomic E-state index is 5.61. The van der Waals surface area contributed by atoms with Gasteiger partial charge in [0, 0.05) is 12.2 Å². The van der Waals surface area contributed by atoms with E-state index in [2.05, 4.69) is 39.2 Å². The Kier molecular flexibility index (Phi) is 3.78. The van der Waals surface area contributed by atoms with Crippen molar-refractivity contribution in [2.24, 2.45) is 0 Å². The summed E-state index contributed by atoms with van der Waals surface area (Å²) in [5.74, 6) is 1.63. The standard InChI is InChI=1S/C15H15BrN2O2/c1-10(18-12-3-2-6-17-15(12)16)11-4-5-13-14(9-11)20-8-7-19-13/h2-6,9-10,18H,7-8H2,1H3. The van der Waals surface area contributed by atoms with Crippen molar-refractivity contribution in [2.75, 3.05) is 18.5 Å². The first-order valence-electron chi connectivity index (χ1n) is 6.50. The van der Waals surface area contributed by atoms with Gasteiger partial charge in [0.1, 0.15) is 17.8 Å². The molecule has 0 aliphatic carbocycles. The minimum atomic E-state index is 0.145. The van der Waals surface area contributed by atoms with Gasteiger partial charge in [-0.3, -0.25) is 0 Å². The van der Waals surface area contributed by atoms with Gasteiger partial charge in [-0.25, -0.2) is 4.98 Å². The maximum Gasteiger partial charge on any atom is 0.161 e. The van der Waals surface area contributed by atoms with Crippen molar-refractivity contribution in [3.63, 3.8) is 0 Å². The molecular weight excluding hydrogens is 320 g/mol. The van der Waals surface area contributed by atoms with Crippen molar-refractivity contribution < 1.29 is 9.47 Å². The summed E-state index contributed by atoms with van der Waals surface area (Å²) in [7, 11) is 0. The van der Waals surface area contributed by atoms with Crippen molar-refractivity contribution >= 4 is 21.6 Å². The van der Waals surface area contributed by atoms with Crippen molar-refractivity contribution in [2.45, 2.75) is 13.0 Å². The fourth-order valence-electron chi connectivity index (χ4n) is 2.14. The quantitative estimate of drug-likeness (QED) is 0.867. The number of halogens is 1. The minimum Gasteiger partial charge on any atom is -0.486 e. The Morgan fingerprint density at radius 2 is 2.00 bits per heavy atom. The normalized spacial score (nSPS) is 14.7. The van der Waals surface area contributed by atoms with Crippen LogP contribution in [-0.2, 0) is 0 Å². The van der Waals surface area contributed by atoms with E-state index in [9.17, 15) is 0 Å². The van der Waals surface area contributed by atoms with Crippen LogP contribution < -0.4 is 14.8 Å². The molecule has 104 valence electrons. The first-order chi connectivity index (χ1) is 9.74. The number of fused-ring (bicyclic) bond motifs is 1. The van der Waals surface area contributed by atoms with Crippen LogP contribution in [0, 0.1) is 0 Å². The summed E-state index contributed by atoms with van der Waals surface area (Å²) in [5.41, 5.74) is 2.11. The first-order valence-corrected chi connectivity index (χ1v) is 7.30. The molecule has 0 saturated carbocycles. The summed E-state index contributed by atoms with van der Waals surface area (Å²) in [4.78, 5) is 4.21. The maximum atomic E-state index is 5.61. The number of nitrogens with zero attached hydrogens (tertiary/aromatic N) is 1. The molecular formula is C15H15BrN2O2. The molecule has 0 saturated heterocycles. The molecule has 1 aliphatic rings. The second-order valence-electron chi connectivity index (χ2n) is 4.61. The van der Waals surface area contributed by atoms with Crippen molar-refractivity contribution in [3.05, 3.63) is 46.7 Å². The fourth-order valence-corrected chi connectivity index (χ4v) is 2.50. The van der Waals surface area contributed by atoms with E-state index in [4.69, 9.17) is 9.47 Å². The molecule has 1 atom stereocenters. The average molecular weight is 335 g/mol. The van der Waals surface area contributed by atoms with Crippen molar-refractivity contribution in [3.8, 4) is 11.5 Å². The van der Waals surface area contributed by atoms with Gasteiger partial charge in [-0.1, -0.05) is 6.07 Å². The number of hydrogen-bond acceptors (Lipinski definition) is 4. The van der Waals surface area contributed by atoms with E-state index >= 15 is 0 Å². The number of benzene rings is 1. The van der Waals surface area contributed by atoms with E-state index in [0.717, 1.165) is 27.4 Å². The lowest BCUT2D eigenvalue weighted by Crippen LogP contribution is -2.16. The second kappa shape index (κ2) is 5.71. The summed E-state index contributed by atoms with van der Waals surface area (Å²) < 4.78 is 12.0. The predicted molar refractivity (Wildman–Crippen MR) is 81.4 cm³/mol. The molecule has 2 heterocycles. The number of anilines is 1. The zero-order valence-corrected chi connectivity index (χ0v) is 12.7. The molecule has 1 aromatic heterocycles. The van der Waals surface area contributed by atoms with Crippen LogP contribution in [0.3, 0.4) is 0 Å². The van der Waals surface area contributed by atoms with E-state index < -0.39 is 0 Å². The summed E-state index contributed by atoms with van der Waals surface area (Å²) in [5, 5.41) is 3.43. The molecule has 0 amide bonds. The van der Waals surface area contributed by atoms with Crippen LogP contribution in [0.15, 0.2) is 41.1 Å². The summed E-state index contributed by atoms with van der Waals surface area (Å²) in [6.07, 6.45) is 1.75. The first kappa shape index (κ1) is 13.2. The van der Waals surface area contributed by atoms with E-state index in [1.807, 2.05) is 24.3 Å². The van der Waals surface area contributed by atoms with Crippen molar-refractivity contribution in [1.29, 1.82) is 0 Å². The van der Waals surface area contributed by atoms with Gasteiger partial charge in [-0.05, 0) is 52.7 Å².